The van der Waals surface area contributed by atoms with Gasteiger partial charge in [0.1, 0.15) is 0 Å². The smallest absolute Gasteiger partial charge is 0.179 e. The Balaban J connectivity index is 1.20. The Labute approximate surface area is 368 Å². The van der Waals surface area contributed by atoms with E-state index in [1.807, 2.05) is 0 Å². The van der Waals surface area contributed by atoms with E-state index in [-0.39, 0.29) is 0 Å². The SMILES string of the molecule is c1ccc(-c2ccccc2-n2c3c(-c4ccccc4)cccc3c3cccc(-n4c5ccccc5c5cc([Si](c6ccccc6)(c6ccccc6)c6ccccc6)ccc54)c32)cc1. The zero-order chi connectivity index (χ0) is 41.7. The fourth-order valence-corrected chi connectivity index (χ4v) is 15.2. The highest BCUT2D eigenvalue weighted by molar-refractivity contribution is 7.20. The lowest BCUT2D eigenvalue weighted by molar-refractivity contribution is 1.13. The average Bonchev–Trinajstić information content (AvgIpc) is 3.89. The topological polar surface area (TPSA) is 9.86 Å². The van der Waals surface area contributed by atoms with Gasteiger partial charge in [-0.05, 0) is 56.1 Å². The summed E-state index contributed by atoms with van der Waals surface area (Å²) in [6, 6.07) is 94.2. The molecule has 0 radical (unpaired) electrons. The van der Waals surface area contributed by atoms with Gasteiger partial charge in [-0.2, -0.15) is 0 Å². The van der Waals surface area contributed by atoms with Crippen LogP contribution in [0.5, 0.6) is 0 Å². The molecular formula is C60H42N2Si. The second-order valence-electron chi connectivity index (χ2n) is 16.4. The Kier molecular flexibility index (Phi) is 8.87. The molecule has 0 atom stereocenters. The molecule has 0 N–H and O–H groups in total. The van der Waals surface area contributed by atoms with Crippen molar-refractivity contribution in [3.05, 3.63) is 255 Å². The summed E-state index contributed by atoms with van der Waals surface area (Å²) in [5.74, 6) is 0. The van der Waals surface area contributed by atoms with Gasteiger partial charge in [0.25, 0.3) is 0 Å². The molecule has 63 heavy (non-hydrogen) atoms. The fraction of sp³-hybridized carbons (Fsp3) is 0. The van der Waals surface area contributed by atoms with Crippen molar-refractivity contribution in [1.82, 2.24) is 9.13 Å². The Bertz CT molecular complexity index is 3500. The van der Waals surface area contributed by atoms with Crippen LogP contribution in [-0.4, -0.2) is 17.2 Å². The minimum Gasteiger partial charge on any atom is -0.307 e. The highest BCUT2D eigenvalue weighted by Gasteiger charge is 2.41. The van der Waals surface area contributed by atoms with Crippen molar-refractivity contribution in [3.63, 3.8) is 0 Å². The van der Waals surface area contributed by atoms with Gasteiger partial charge in [-0.3, -0.25) is 0 Å². The Hall–Kier alpha value is -7.98. The summed E-state index contributed by atoms with van der Waals surface area (Å²) in [4.78, 5) is 0. The molecule has 0 saturated carbocycles. The number of hydrogen-bond donors (Lipinski definition) is 0. The second-order valence-corrected chi connectivity index (χ2v) is 20.2. The molecule has 0 fully saturated rings. The number of fused-ring (bicyclic) bond motifs is 6. The van der Waals surface area contributed by atoms with Gasteiger partial charge in [-0.15, -0.1) is 0 Å². The van der Waals surface area contributed by atoms with E-state index in [0.29, 0.717) is 0 Å². The van der Waals surface area contributed by atoms with Crippen LogP contribution >= 0.6 is 0 Å². The van der Waals surface area contributed by atoms with Crippen LogP contribution in [0.1, 0.15) is 0 Å². The lowest BCUT2D eigenvalue weighted by atomic mass is 10.0. The molecule has 0 saturated heterocycles. The lowest BCUT2D eigenvalue weighted by Crippen LogP contribution is -2.74. The first-order chi connectivity index (χ1) is 31.3. The quantitative estimate of drug-likeness (QED) is 0.107. The van der Waals surface area contributed by atoms with Crippen molar-refractivity contribution >= 4 is 72.4 Å². The molecule has 12 aromatic rings. The molecule has 2 aromatic heterocycles. The molecule has 3 heteroatoms. The number of hydrogen-bond acceptors (Lipinski definition) is 0. The molecule has 296 valence electrons. The molecule has 0 unspecified atom stereocenters. The summed E-state index contributed by atoms with van der Waals surface area (Å²) in [5, 5.41) is 10.4. The van der Waals surface area contributed by atoms with E-state index in [4.69, 9.17) is 0 Å². The molecule has 0 aliphatic rings. The molecule has 0 spiro atoms. The van der Waals surface area contributed by atoms with E-state index in [9.17, 15) is 0 Å². The van der Waals surface area contributed by atoms with Crippen LogP contribution in [-0.2, 0) is 0 Å². The summed E-state index contributed by atoms with van der Waals surface area (Å²) in [5.41, 5.74) is 11.8. The largest absolute Gasteiger partial charge is 0.307 e. The number of aromatic nitrogens is 2. The molecule has 2 nitrogen and oxygen atoms in total. The first kappa shape index (κ1) is 36.8. The summed E-state index contributed by atoms with van der Waals surface area (Å²) >= 11 is 0. The van der Waals surface area contributed by atoms with E-state index < -0.39 is 8.07 Å². The van der Waals surface area contributed by atoms with Crippen molar-refractivity contribution in [3.8, 4) is 33.6 Å². The minimum atomic E-state index is -2.78. The van der Waals surface area contributed by atoms with E-state index in [1.54, 1.807) is 0 Å². The summed E-state index contributed by atoms with van der Waals surface area (Å²) in [6.45, 7) is 0. The van der Waals surface area contributed by atoms with Gasteiger partial charge in [0.15, 0.2) is 8.07 Å². The molecule has 12 rings (SSSR count). The van der Waals surface area contributed by atoms with Gasteiger partial charge in [0.2, 0.25) is 0 Å². The molecule has 2 heterocycles. The summed E-state index contributed by atoms with van der Waals surface area (Å²) in [7, 11) is -2.78. The Morgan fingerprint density at radius 3 is 1.33 bits per heavy atom. The van der Waals surface area contributed by atoms with Gasteiger partial charge < -0.3 is 9.13 Å². The maximum absolute atomic E-state index is 2.78. The maximum atomic E-state index is 2.55. The highest BCUT2D eigenvalue weighted by atomic mass is 28.3. The van der Waals surface area contributed by atoms with Crippen LogP contribution < -0.4 is 20.7 Å². The second kappa shape index (κ2) is 15.2. The van der Waals surface area contributed by atoms with Crippen molar-refractivity contribution < 1.29 is 0 Å². The van der Waals surface area contributed by atoms with Crippen molar-refractivity contribution in [2.24, 2.45) is 0 Å². The highest BCUT2D eigenvalue weighted by Crippen LogP contribution is 2.44. The zero-order valence-corrected chi connectivity index (χ0v) is 35.6. The standard InChI is InChI=1S/C60H42N2Si/c1-6-22-43(23-7-1)49-32-16-18-37-55(49)62-59-50(44-24-8-2-9-25-44)34-20-35-52(59)53-36-21-39-58(60(53)62)61-56-38-19-17-33-51(56)54-42-48(40-41-57(54)61)63(45-26-10-3-11-27-45,46-28-12-4-13-29-46)47-30-14-5-15-31-47/h1-42H. The maximum Gasteiger partial charge on any atom is 0.179 e. The summed E-state index contributed by atoms with van der Waals surface area (Å²) < 4.78 is 5.08. The molecular weight excluding hydrogens is 777 g/mol. The molecule has 0 aliphatic heterocycles. The minimum absolute atomic E-state index is 1.14. The van der Waals surface area contributed by atoms with Crippen LogP contribution in [0.2, 0.25) is 0 Å². The van der Waals surface area contributed by atoms with Crippen molar-refractivity contribution in [2.75, 3.05) is 0 Å². The van der Waals surface area contributed by atoms with Gasteiger partial charge in [0, 0.05) is 32.7 Å². The van der Waals surface area contributed by atoms with E-state index in [2.05, 4.69) is 264 Å². The van der Waals surface area contributed by atoms with Crippen LogP contribution in [0, 0.1) is 0 Å². The third-order valence-electron chi connectivity index (χ3n) is 13.1. The fourth-order valence-electron chi connectivity index (χ4n) is 10.4. The molecule has 0 bridgehead atoms. The van der Waals surface area contributed by atoms with E-state index >= 15 is 0 Å². The van der Waals surface area contributed by atoms with Crippen molar-refractivity contribution in [2.45, 2.75) is 0 Å². The Morgan fingerprint density at radius 2 is 0.698 bits per heavy atom. The third-order valence-corrected chi connectivity index (χ3v) is 17.8. The molecule has 0 aliphatic carbocycles. The number of benzene rings is 10. The van der Waals surface area contributed by atoms with Crippen molar-refractivity contribution in [1.29, 1.82) is 0 Å². The number of para-hydroxylation sites is 4. The first-order valence-corrected chi connectivity index (χ1v) is 23.8. The zero-order valence-electron chi connectivity index (χ0n) is 34.6. The predicted octanol–water partition coefficient (Wildman–Crippen LogP) is 12.6. The molecule has 0 amide bonds. The monoisotopic (exact) mass is 818 g/mol. The third kappa shape index (κ3) is 5.78. The first-order valence-electron chi connectivity index (χ1n) is 21.8. The number of nitrogens with zero attached hydrogens (tertiary/aromatic N) is 2. The van der Waals surface area contributed by atoms with E-state index in [0.717, 1.165) is 11.4 Å². The van der Waals surface area contributed by atoms with Crippen LogP contribution in [0.4, 0.5) is 0 Å². The number of rotatable bonds is 8. The van der Waals surface area contributed by atoms with Gasteiger partial charge in [-0.1, -0.05) is 231 Å². The van der Waals surface area contributed by atoms with Gasteiger partial charge in [0.05, 0.1) is 33.4 Å². The predicted molar refractivity (Wildman–Crippen MR) is 270 cm³/mol. The van der Waals surface area contributed by atoms with Crippen LogP contribution in [0.25, 0.3) is 77.2 Å². The average molecular weight is 819 g/mol. The summed E-state index contributed by atoms with van der Waals surface area (Å²) in [6.07, 6.45) is 0. The Morgan fingerprint density at radius 1 is 0.254 bits per heavy atom. The molecule has 10 aromatic carbocycles. The van der Waals surface area contributed by atoms with E-state index in [1.165, 1.54) is 86.6 Å². The van der Waals surface area contributed by atoms with Crippen LogP contribution in [0.3, 0.4) is 0 Å². The van der Waals surface area contributed by atoms with Crippen LogP contribution in [0.15, 0.2) is 255 Å². The lowest BCUT2D eigenvalue weighted by Gasteiger charge is -2.34. The van der Waals surface area contributed by atoms with Gasteiger partial charge >= 0.3 is 0 Å². The normalized spacial score (nSPS) is 11.8. The van der Waals surface area contributed by atoms with Gasteiger partial charge in [-0.25, -0.2) is 0 Å².